The highest BCUT2D eigenvalue weighted by molar-refractivity contribution is 9.10. The van der Waals surface area contributed by atoms with Gasteiger partial charge in [0.15, 0.2) is 0 Å². The third-order valence-electron chi connectivity index (χ3n) is 3.07. The van der Waals surface area contributed by atoms with Crippen LogP contribution in [0.2, 0.25) is 0 Å². The molecule has 4 heteroatoms. The smallest absolute Gasteiger partial charge is 0.0682 e. The Morgan fingerprint density at radius 3 is 2.61 bits per heavy atom. The number of aryl methyl sites for hydroxylation is 2. The van der Waals surface area contributed by atoms with Crippen molar-refractivity contribution >= 4 is 21.6 Å². The van der Waals surface area contributed by atoms with E-state index in [1.54, 1.807) is 0 Å². The second-order valence-electron chi connectivity index (χ2n) is 4.33. The maximum absolute atomic E-state index is 6.03. The molecule has 0 fully saturated rings. The van der Waals surface area contributed by atoms with Crippen molar-refractivity contribution in [3.05, 3.63) is 45.7 Å². The molecule has 1 aromatic carbocycles. The molecule has 1 aromatic heterocycles. The third kappa shape index (κ3) is 2.75. The molecule has 2 rings (SSSR count). The van der Waals surface area contributed by atoms with Crippen molar-refractivity contribution in [2.45, 2.75) is 33.2 Å². The number of rotatable bonds is 4. The summed E-state index contributed by atoms with van der Waals surface area (Å²) in [6.45, 7) is 5.01. The van der Waals surface area contributed by atoms with Gasteiger partial charge in [0.25, 0.3) is 0 Å². The third-order valence-corrected chi connectivity index (χ3v) is 3.56. The van der Waals surface area contributed by atoms with Gasteiger partial charge >= 0.3 is 0 Å². The van der Waals surface area contributed by atoms with Crippen molar-refractivity contribution in [3.8, 4) is 0 Å². The van der Waals surface area contributed by atoms with Crippen LogP contribution in [0.5, 0.6) is 0 Å². The predicted octanol–water partition coefficient (Wildman–Crippen LogP) is 3.40. The van der Waals surface area contributed by atoms with Gasteiger partial charge in [0.05, 0.1) is 12.2 Å². The highest BCUT2D eigenvalue weighted by Gasteiger charge is 2.07. The van der Waals surface area contributed by atoms with E-state index in [0.29, 0.717) is 0 Å². The summed E-state index contributed by atoms with van der Waals surface area (Å²) >= 11 is 3.42. The van der Waals surface area contributed by atoms with Gasteiger partial charge < -0.3 is 5.73 Å². The van der Waals surface area contributed by atoms with E-state index in [4.69, 9.17) is 5.73 Å². The molecule has 0 spiro atoms. The molecule has 0 saturated carbocycles. The number of nitrogens with two attached hydrogens (primary N) is 1. The highest BCUT2D eigenvalue weighted by Crippen LogP contribution is 2.20. The van der Waals surface area contributed by atoms with Crippen LogP contribution in [0.1, 0.15) is 30.8 Å². The van der Waals surface area contributed by atoms with Crippen molar-refractivity contribution < 1.29 is 0 Å². The molecule has 3 nitrogen and oxygen atoms in total. The van der Waals surface area contributed by atoms with Crippen LogP contribution in [0.4, 0.5) is 5.69 Å². The summed E-state index contributed by atoms with van der Waals surface area (Å²) in [4.78, 5) is 0. The molecule has 0 atom stereocenters. The Balaban J connectivity index is 2.30. The van der Waals surface area contributed by atoms with Gasteiger partial charge in [0.1, 0.15) is 0 Å². The normalized spacial score (nSPS) is 10.8. The first-order chi connectivity index (χ1) is 8.63. The average molecular weight is 308 g/mol. The van der Waals surface area contributed by atoms with Crippen molar-refractivity contribution in [3.63, 3.8) is 0 Å². The van der Waals surface area contributed by atoms with E-state index in [1.807, 2.05) is 18.2 Å². The molecule has 0 saturated heterocycles. The summed E-state index contributed by atoms with van der Waals surface area (Å²) in [5.74, 6) is 0. The molecule has 2 aromatic rings. The van der Waals surface area contributed by atoms with Crippen molar-refractivity contribution in [1.29, 1.82) is 0 Å². The Kier molecular flexibility index (Phi) is 4.07. The number of hydrogen-bond acceptors (Lipinski definition) is 2. The fourth-order valence-corrected chi connectivity index (χ4v) is 2.36. The fraction of sp³-hybridized carbons (Fsp3) is 0.357. The van der Waals surface area contributed by atoms with Crippen LogP contribution in [-0.4, -0.2) is 9.78 Å². The van der Waals surface area contributed by atoms with Gasteiger partial charge in [-0.05, 0) is 36.6 Å². The number of anilines is 1. The second-order valence-corrected chi connectivity index (χ2v) is 5.25. The average Bonchev–Trinajstić information content (AvgIpc) is 2.75. The number of nitrogens with zero attached hydrogens (tertiary/aromatic N) is 2. The summed E-state index contributed by atoms with van der Waals surface area (Å²) in [5, 5.41) is 4.61. The number of hydrogen-bond donors (Lipinski definition) is 1. The van der Waals surface area contributed by atoms with E-state index < -0.39 is 0 Å². The van der Waals surface area contributed by atoms with Gasteiger partial charge in [0.2, 0.25) is 0 Å². The maximum atomic E-state index is 6.03. The van der Waals surface area contributed by atoms with Crippen LogP contribution < -0.4 is 5.73 Å². The Morgan fingerprint density at radius 2 is 2.00 bits per heavy atom. The lowest BCUT2D eigenvalue weighted by Crippen LogP contribution is -2.08. The number of aromatic nitrogens is 2. The Labute approximate surface area is 116 Å². The van der Waals surface area contributed by atoms with E-state index in [1.165, 1.54) is 5.69 Å². The molecule has 96 valence electrons. The first kappa shape index (κ1) is 13.1. The quantitative estimate of drug-likeness (QED) is 0.880. The molecule has 0 radical (unpaired) electrons. The van der Waals surface area contributed by atoms with E-state index in [0.717, 1.165) is 40.8 Å². The SMILES string of the molecule is CCc1cc(CC)n(Cc2ccc(Br)cc2N)n1. The van der Waals surface area contributed by atoms with Gasteiger partial charge in [-0.3, -0.25) is 4.68 Å². The lowest BCUT2D eigenvalue weighted by atomic mass is 10.2. The standard InChI is InChI=1S/C14H18BrN3/c1-3-12-8-13(4-2)18(17-12)9-10-5-6-11(15)7-14(10)16/h5-8H,3-4,9,16H2,1-2H3. The van der Waals surface area contributed by atoms with Gasteiger partial charge in [0, 0.05) is 15.9 Å². The van der Waals surface area contributed by atoms with Crippen LogP contribution in [0.3, 0.4) is 0 Å². The van der Waals surface area contributed by atoms with Crippen LogP contribution in [0.25, 0.3) is 0 Å². The minimum absolute atomic E-state index is 0.738. The molecule has 0 bridgehead atoms. The van der Waals surface area contributed by atoms with E-state index >= 15 is 0 Å². The zero-order valence-corrected chi connectivity index (χ0v) is 12.4. The van der Waals surface area contributed by atoms with Gasteiger partial charge in [-0.2, -0.15) is 5.10 Å². The molecule has 0 aliphatic carbocycles. The van der Waals surface area contributed by atoms with Crippen LogP contribution >= 0.6 is 15.9 Å². The number of halogens is 1. The summed E-state index contributed by atoms with van der Waals surface area (Å²) < 4.78 is 3.06. The van der Waals surface area contributed by atoms with Crippen LogP contribution in [0.15, 0.2) is 28.7 Å². The summed E-state index contributed by atoms with van der Waals surface area (Å²) in [7, 11) is 0. The minimum atomic E-state index is 0.738. The Bertz CT molecular complexity index is 546. The summed E-state index contributed by atoms with van der Waals surface area (Å²) in [6.07, 6.45) is 1.96. The molecule has 0 aliphatic rings. The molecular formula is C14H18BrN3. The summed E-state index contributed by atoms with van der Waals surface area (Å²) in [6, 6.07) is 8.17. The van der Waals surface area contributed by atoms with Crippen molar-refractivity contribution in [2.75, 3.05) is 5.73 Å². The zero-order chi connectivity index (χ0) is 13.1. The maximum Gasteiger partial charge on any atom is 0.0682 e. The van der Waals surface area contributed by atoms with Gasteiger partial charge in [-0.25, -0.2) is 0 Å². The van der Waals surface area contributed by atoms with Gasteiger partial charge in [-0.1, -0.05) is 35.8 Å². The minimum Gasteiger partial charge on any atom is -0.398 e. The lowest BCUT2D eigenvalue weighted by molar-refractivity contribution is 0.641. The highest BCUT2D eigenvalue weighted by atomic mass is 79.9. The molecule has 0 amide bonds. The lowest BCUT2D eigenvalue weighted by Gasteiger charge is -2.09. The van der Waals surface area contributed by atoms with Crippen LogP contribution in [-0.2, 0) is 19.4 Å². The van der Waals surface area contributed by atoms with Gasteiger partial charge in [-0.15, -0.1) is 0 Å². The molecule has 1 heterocycles. The largest absolute Gasteiger partial charge is 0.398 e. The fourth-order valence-electron chi connectivity index (χ4n) is 1.98. The Hall–Kier alpha value is -1.29. The van der Waals surface area contributed by atoms with E-state index in [-0.39, 0.29) is 0 Å². The first-order valence-corrected chi connectivity index (χ1v) is 7.02. The summed E-state index contributed by atoms with van der Waals surface area (Å²) in [5.41, 5.74) is 10.3. The molecule has 0 unspecified atom stereocenters. The van der Waals surface area contributed by atoms with Crippen LogP contribution in [0, 0.1) is 0 Å². The molecule has 2 N–H and O–H groups in total. The van der Waals surface area contributed by atoms with E-state index in [9.17, 15) is 0 Å². The molecular weight excluding hydrogens is 290 g/mol. The second kappa shape index (κ2) is 5.57. The monoisotopic (exact) mass is 307 g/mol. The van der Waals surface area contributed by atoms with E-state index in [2.05, 4.69) is 45.6 Å². The van der Waals surface area contributed by atoms with Crippen molar-refractivity contribution in [2.24, 2.45) is 0 Å². The first-order valence-electron chi connectivity index (χ1n) is 6.23. The van der Waals surface area contributed by atoms with Crippen molar-refractivity contribution in [1.82, 2.24) is 9.78 Å². The number of benzene rings is 1. The zero-order valence-electron chi connectivity index (χ0n) is 10.8. The molecule has 18 heavy (non-hydrogen) atoms. The topological polar surface area (TPSA) is 43.8 Å². The predicted molar refractivity (Wildman–Crippen MR) is 78.6 cm³/mol. The number of nitrogen functional groups attached to an aromatic ring is 1. The Morgan fingerprint density at radius 1 is 1.22 bits per heavy atom. The molecule has 0 aliphatic heterocycles.